The first-order chi connectivity index (χ1) is 15.3. The largest absolute Gasteiger partial charge is 0.384 e. The molecule has 4 aromatic rings. The fourth-order valence-electron chi connectivity index (χ4n) is 3.66. The number of hydrogen-bond donors (Lipinski definition) is 1. The quantitative estimate of drug-likeness (QED) is 0.301. The molecule has 32 heavy (non-hydrogen) atoms. The summed E-state index contributed by atoms with van der Waals surface area (Å²) in [7, 11) is 0. The van der Waals surface area contributed by atoms with E-state index in [1.54, 1.807) is 13.8 Å². The molecule has 3 aromatic carbocycles. The van der Waals surface area contributed by atoms with Crippen LogP contribution in [0.4, 0.5) is 0 Å². The highest BCUT2D eigenvalue weighted by atomic mass is 35.5. The number of nitrogens with zero attached hydrogens (tertiary/aromatic N) is 2. The third kappa shape index (κ3) is 4.63. The van der Waals surface area contributed by atoms with E-state index in [0.29, 0.717) is 10.7 Å². The van der Waals surface area contributed by atoms with E-state index in [9.17, 15) is 5.11 Å². The van der Waals surface area contributed by atoms with Gasteiger partial charge in [-0.2, -0.15) is 0 Å². The normalized spacial score (nSPS) is 11.7. The number of rotatable bonds is 6. The van der Waals surface area contributed by atoms with E-state index < -0.39 is 5.60 Å². The Labute approximate surface area is 199 Å². The minimum Gasteiger partial charge on any atom is -0.384 e. The van der Waals surface area contributed by atoms with Crippen molar-refractivity contribution in [1.29, 1.82) is 0 Å². The lowest BCUT2D eigenvalue weighted by Crippen LogP contribution is -2.15. The number of hydrogen-bond acceptors (Lipinski definition) is 3. The molecule has 0 atom stereocenters. The van der Waals surface area contributed by atoms with Crippen LogP contribution in [-0.4, -0.2) is 20.4 Å². The summed E-state index contributed by atoms with van der Waals surface area (Å²) >= 11 is 8.24. The topological polar surface area (TPSA) is 38.0 Å². The molecule has 5 heteroatoms. The SMILES string of the molecule is CCSc1cccc(-c2ccc(-n3cc(C(C)(C)O)nc3-c3cccc(Cl)c3C)cc2)c1. The van der Waals surface area contributed by atoms with E-state index in [2.05, 4.69) is 55.5 Å². The second-order valence-electron chi connectivity index (χ2n) is 8.30. The molecule has 0 amide bonds. The van der Waals surface area contributed by atoms with E-state index in [-0.39, 0.29) is 0 Å². The van der Waals surface area contributed by atoms with Crippen LogP contribution in [0.15, 0.2) is 77.8 Å². The maximum absolute atomic E-state index is 10.6. The molecule has 0 fully saturated rings. The predicted molar refractivity (Wildman–Crippen MR) is 136 cm³/mol. The van der Waals surface area contributed by atoms with E-state index in [0.717, 1.165) is 34.0 Å². The fourth-order valence-corrected chi connectivity index (χ4v) is 4.55. The van der Waals surface area contributed by atoms with Gasteiger partial charge in [0.25, 0.3) is 0 Å². The molecular weight excluding hydrogens is 436 g/mol. The molecule has 1 N–H and O–H groups in total. The van der Waals surface area contributed by atoms with Crippen molar-refractivity contribution in [3.8, 4) is 28.2 Å². The Morgan fingerprint density at radius 3 is 2.41 bits per heavy atom. The monoisotopic (exact) mass is 462 g/mol. The number of benzene rings is 3. The molecule has 0 aliphatic rings. The maximum Gasteiger partial charge on any atom is 0.145 e. The highest BCUT2D eigenvalue weighted by Crippen LogP contribution is 2.33. The Balaban J connectivity index is 1.79. The van der Waals surface area contributed by atoms with Gasteiger partial charge >= 0.3 is 0 Å². The summed E-state index contributed by atoms with van der Waals surface area (Å²) in [6.07, 6.45) is 1.91. The first-order valence-corrected chi connectivity index (χ1v) is 12.1. The van der Waals surface area contributed by atoms with Gasteiger partial charge in [0.15, 0.2) is 0 Å². The third-order valence-electron chi connectivity index (χ3n) is 5.47. The molecule has 0 aliphatic carbocycles. The van der Waals surface area contributed by atoms with Crippen LogP contribution in [0.25, 0.3) is 28.2 Å². The average Bonchev–Trinajstić information content (AvgIpc) is 3.22. The van der Waals surface area contributed by atoms with Crippen LogP contribution in [0.5, 0.6) is 0 Å². The van der Waals surface area contributed by atoms with Crippen molar-refractivity contribution in [3.05, 3.63) is 89.2 Å². The molecule has 4 rings (SSSR count). The third-order valence-corrected chi connectivity index (χ3v) is 6.75. The lowest BCUT2D eigenvalue weighted by atomic mass is 10.1. The van der Waals surface area contributed by atoms with Crippen molar-refractivity contribution in [1.82, 2.24) is 9.55 Å². The number of imidazole rings is 1. The van der Waals surface area contributed by atoms with Crippen LogP contribution in [0.3, 0.4) is 0 Å². The van der Waals surface area contributed by atoms with E-state index in [4.69, 9.17) is 16.6 Å². The first kappa shape index (κ1) is 22.7. The van der Waals surface area contributed by atoms with Crippen LogP contribution >= 0.6 is 23.4 Å². The number of thioether (sulfide) groups is 1. The van der Waals surface area contributed by atoms with Gasteiger partial charge in [-0.15, -0.1) is 11.8 Å². The van der Waals surface area contributed by atoms with Crippen LogP contribution in [-0.2, 0) is 5.60 Å². The number of aliphatic hydroxyl groups is 1. The molecule has 0 spiro atoms. The van der Waals surface area contributed by atoms with E-state index >= 15 is 0 Å². The fraction of sp³-hybridized carbons (Fsp3) is 0.222. The van der Waals surface area contributed by atoms with Gasteiger partial charge in [-0.3, -0.25) is 4.57 Å². The average molecular weight is 463 g/mol. The summed E-state index contributed by atoms with van der Waals surface area (Å²) in [5.41, 5.74) is 4.81. The lowest BCUT2D eigenvalue weighted by molar-refractivity contribution is 0.0743. The Hall–Kier alpha value is -2.53. The second kappa shape index (κ2) is 9.14. The first-order valence-electron chi connectivity index (χ1n) is 10.7. The van der Waals surface area contributed by atoms with E-state index in [1.165, 1.54) is 10.5 Å². The minimum atomic E-state index is -1.05. The van der Waals surface area contributed by atoms with E-state index in [1.807, 2.05) is 47.6 Å². The summed E-state index contributed by atoms with van der Waals surface area (Å²) in [5.74, 6) is 1.81. The Morgan fingerprint density at radius 2 is 1.72 bits per heavy atom. The Bertz CT molecular complexity index is 1240. The predicted octanol–water partition coefficient (Wildman–Crippen LogP) is 7.51. The Morgan fingerprint density at radius 1 is 1.00 bits per heavy atom. The molecule has 0 bridgehead atoms. The summed E-state index contributed by atoms with van der Waals surface area (Å²) in [4.78, 5) is 6.07. The van der Waals surface area contributed by atoms with Crippen LogP contribution in [0.1, 0.15) is 32.0 Å². The van der Waals surface area contributed by atoms with Gasteiger partial charge in [0.05, 0.1) is 5.69 Å². The standard InChI is InChI=1S/C27H27ClN2OS/c1-5-32-22-9-6-8-20(16-22)19-12-14-21(15-13-19)30-17-25(27(3,4)31)29-26(30)23-10-7-11-24(28)18(23)2/h6-17,31H,5H2,1-4H3. The second-order valence-corrected chi connectivity index (χ2v) is 10.0. The van der Waals surface area contributed by atoms with Gasteiger partial charge < -0.3 is 5.11 Å². The van der Waals surface area contributed by atoms with Crippen molar-refractivity contribution < 1.29 is 5.11 Å². The summed E-state index contributed by atoms with van der Waals surface area (Å²) in [5, 5.41) is 11.3. The zero-order chi connectivity index (χ0) is 22.9. The zero-order valence-electron chi connectivity index (χ0n) is 18.8. The summed E-state index contributed by atoms with van der Waals surface area (Å²) < 4.78 is 2.03. The summed E-state index contributed by atoms with van der Waals surface area (Å²) in [6, 6.07) is 22.9. The molecule has 0 aliphatic heterocycles. The van der Waals surface area contributed by atoms with Gasteiger partial charge in [-0.1, -0.05) is 54.9 Å². The highest BCUT2D eigenvalue weighted by molar-refractivity contribution is 7.99. The van der Waals surface area contributed by atoms with Gasteiger partial charge in [-0.05, 0) is 73.5 Å². The lowest BCUT2D eigenvalue weighted by Gasteiger charge is -2.13. The summed E-state index contributed by atoms with van der Waals surface area (Å²) in [6.45, 7) is 7.65. The van der Waals surface area contributed by atoms with Crippen molar-refractivity contribution in [2.75, 3.05) is 5.75 Å². The smallest absolute Gasteiger partial charge is 0.145 e. The van der Waals surface area contributed by atoms with Crippen LogP contribution < -0.4 is 0 Å². The van der Waals surface area contributed by atoms with Gasteiger partial charge in [-0.25, -0.2) is 4.98 Å². The Kier molecular flexibility index (Phi) is 6.47. The molecule has 0 radical (unpaired) electrons. The van der Waals surface area contributed by atoms with Gasteiger partial charge in [0.1, 0.15) is 11.4 Å². The molecule has 3 nitrogen and oxygen atoms in total. The molecule has 1 aromatic heterocycles. The van der Waals surface area contributed by atoms with Crippen molar-refractivity contribution >= 4 is 23.4 Å². The molecule has 0 saturated heterocycles. The van der Waals surface area contributed by atoms with Crippen molar-refractivity contribution in [2.24, 2.45) is 0 Å². The molecule has 0 saturated carbocycles. The molecular formula is C27H27ClN2OS. The van der Waals surface area contributed by atoms with Crippen molar-refractivity contribution in [3.63, 3.8) is 0 Å². The van der Waals surface area contributed by atoms with Gasteiger partial charge in [0.2, 0.25) is 0 Å². The highest BCUT2D eigenvalue weighted by Gasteiger charge is 2.24. The van der Waals surface area contributed by atoms with Crippen LogP contribution in [0.2, 0.25) is 5.02 Å². The number of aromatic nitrogens is 2. The van der Waals surface area contributed by atoms with Gasteiger partial charge in [0, 0.05) is 27.4 Å². The molecule has 1 heterocycles. The minimum absolute atomic E-state index is 0.611. The molecule has 0 unspecified atom stereocenters. The zero-order valence-corrected chi connectivity index (χ0v) is 20.3. The maximum atomic E-state index is 10.6. The number of halogens is 1. The molecule has 164 valence electrons. The van der Waals surface area contributed by atoms with Crippen LogP contribution in [0, 0.1) is 6.92 Å². The van der Waals surface area contributed by atoms with Crippen molar-refractivity contribution in [2.45, 2.75) is 38.2 Å².